The summed E-state index contributed by atoms with van der Waals surface area (Å²) in [6.07, 6.45) is 3.97. The number of nitrogens with zero attached hydrogens (tertiary/aromatic N) is 1. The molecule has 0 aliphatic heterocycles. The maximum Gasteiger partial charge on any atom is 0.183 e. The fourth-order valence-electron chi connectivity index (χ4n) is 2.05. The quantitative estimate of drug-likeness (QED) is 0.809. The van der Waals surface area contributed by atoms with E-state index in [1.165, 1.54) is 29.8 Å². The number of aromatic nitrogens is 1. The minimum atomic E-state index is 0.662. The molecule has 1 aromatic rings. The molecule has 0 bridgehead atoms. The Morgan fingerprint density at radius 1 is 1.36 bits per heavy atom. The number of aryl methyl sites for hydroxylation is 2. The van der Waals surface area contributed by atoms with Crippen LogP contribution in [-0.2, 0) is 0 Å². The van der Waals surface area contributed by atoms with Crippen molar-refractivity contribution in [3.8, 4) is 0 Å². The molecule has 1 aliphatic rings. The van der Waals surface area contributed by atoms with E-state index in [4.69, 9.17) is 0 Å². The number of nitrogens with one attached hydrogen (secondary N) is 1. The summed E-state index contributed by atoms with van der Waals surface area (Å²) in [5.41, 5.74) is 1.17. The summed E-state index contributed by atoms with van der Waals surface area (Å²) in [4.78, 5) is 5.84. The predicted octanol–water partition coefficient (Wildman–Crippen LogP) is 3.36. The van der Waals surface area contributed by atoms with E-state index in [2.05, 4.69) is 31.1 Å². The van der Waals surface area contributed by atoms with Crippen molar-refractivity contribution in [2.75, 3.05) is 5.32 Å². The highest BCUT2D eigenvalue weighted by atomic mass is 32.1. The second kappa shape index (κ2) is 3.89. The first-order valence-electron chi connectivity index (χ1n) is 5.35. The van der Waals surface area contributed by atoms with E-state index in [0.29, 0.717) is 6.04 Å². The largest absolute Gasteiger partial charge is 0.359 e. The van der Waals surface area contributed by atoms with Crippen LogP contribution in [0.25, 0.3) is 0 Å². The van der Waals surface area contributed by atoms with Gasteiger partial charge < -0.3 is 5.32 Å². The summed E-state index contributed by atoms with van der Waals surface area (Å²) in [6.45, 7) is 6.55. The van der Waals surface area contributed by atoms with Crippen LogP contribution in [0.3, 0.4) is 0 Å². The fraction of sp³-hybridized carbons (Fsp3) is 0.727. The Morgan fingerprint density at radius 3 is 2.64 bits per heavy atom. The summed E-state index contributed by atoms with van der Waals surface area (Å²) >= 11 is 1.78. The summed E-state index contributed by atoms with van der Waals surface area (Å²) in [6, 6.07) is 0.662. The second-order valence-electron chi connectivity index (χ2n) is 4.42. The van der Waals surface area contributed by atoms with Gasteiger partial charge in [-0.2, -0.15) is 0 Å². The third-order valence-corrected chi connectivity index (χ3v) is 4.06. The van der Waals surface area contributed by atoms with Crippen LogP contribution in [0.5, 0.6) is 0 Å². The molecule has 1 aromatic heterocycles. The molecule has 2 nitrogen and oxygen atoms in total. The highest BCUT2D eigenvalue weighted by Gasteiger charge is 2.21. The molecule has 78 valence electrons. The lowest BCUT2D eigenvalue weighted by molar-refractivity contribution is 0.602. The van der Waals surface area contributed by atoms with Crippen molar-refractivity contribution in [3.05, 3.63) is 10.6 Å². The van der Waals surface area contributed by atoms with Crippen LogP contribution < -0.4 is 5.32 Å². The minimum Gasteiger partial charge on any atom is -0.359 e. The van der Waals surface area contributed by atoms with Crippen LogP contribution in [0, 0.1) is 19.8 Å². The van der Waals surface area contributed by atoms with E-state index in [-0.39, 0.29) is 0 Å². The third-order valence-electron chi connectivity index (χ3n) is 3.05. The molecule has 0 radical (unpaired) electrons. The molecule has 0 spiro atoms. The Hall–Kier alpha value is -0.570. The van der Waals surface area contributed by atoms with Crippen LogP contribution in [-0.4, -0.2) is 11.0 Å². The minimum absolute atomic E-state index is 0.662. The molecule has 2 unspecified atom stereocenters. The Kier molecular flexibility index (Phi) is 2.77. The lowest BCUT2D eigenvalue weighted by Gasteiger charge is -2.10. The average molecular weight is 210 g/mol. The van der Waals surface area contributed by atoms with Crippen molar-refractivity contribution in [3.63, 3.8) is 0 Å². The third kappa shape index (κ3) is 2.08. The lowest BCUT2D eigenvalue weighted by Crippen LogP contribution is -2.14. The van der Waals surface area contributed by atoms with E-state index < -0.39 is 0 Å². The molecule has 2 rings (SSSR count). The molecule has 0 aromatic carbocycles. The maximum atomic E-state index is 4.51. The van der Waals surface area contributed by atoms with Gasteiger partial charge in [0.25, 0.3) is 0 Å². The van der Waals surface area contributed by atoms with Crippen LogP contribution >= 0.6 is 11.3 Å². The molecular weight excluding hydrogens is 192 g/mol. The molecule has 2 atom stereocenters. The summed E-state index contributed by atoms with van der Waals surface area (Å²) in [7, 11) is 0. The van der Waals surface area contributed by atoms with E-state index in [1.807, 2.05) is 0 Å². The van der Waals surface area contributed by atoms with Gasteiger partial charge in [-0.1, -0.05) is 6.92 Å². The normalized spacial score (nSPS) is 26.8. The van der Waals surface area contributed by atoms with Gasteiger partial charge in [0.15, 0.2) is 5.13 Å². The van der Waals surface area contributed by atoms with Gasteiger partial charge in [-0.05, 0) is 39.0 Å². The molecule has 3 heteroatoms. The van der Waals surface area contributed by atoms with Gasteiger partial charge in [0, 0.05) is 10.9 Å². The second-order valence-corrected chi connectivity index (χ2v) is 5.62. The van der Waals surface area contributed by atoms with E-state index in [9.17, 15) is 0 Å². The predicted molar refractivity (Wildman–Crippen MR) is 62.0 cm³/mol. The van der Waals surface area contributed by atoms with Crippen LogP contribution in [0.2, 0.25) is 0 Å². The first-order chi connectivity index (χ1) is 6.65. The zero-order valence-electron chi connectivity index (χ0n) is 9.13. The monoisotopic (exact) mass is 210 g/mol. The van der Waals surface area contributed by atoms with Gasteiger partial charge in [-0.3, -0.25) is 0 Å². The van der Waals surface area contributed by atoms with Gasteiger partial charge in [0.2, 0.25) is 0 Å². The first-order valence-corrected chi connectivity index (χ1v) is 6.17. The highest BCUT2D eigenvalue weighted by Crippen LogP contribution is 2.29. The Labute approximate surface area is 89.8 Å². The molecule has 0 saturated heterocycles. The molecule has 14 heavy (non-hydrogen) atoms. The number of hydrogen-bond acceptors (Lipinski definition) is 3. The van der Waals surface area contributed by atoms with E-state index in [0.717, 1.165) is 11.0 Å². The SMILES string of the molecule is Cc1nc(NC2CCC(C)C2)sc1C. The van der Waals surface area contributed by atoms with Crippen LogP contribution in [0.4, 0.5) is 5.13 Å². The summed E-state index contributed by atoms with van der Waals surface area (Å²) in [5, 5.41) is 4.65. The zero-order valence-corrected chi connectivity index (χ0v) is 9.95. The highest BCUT2D eigenvalue weighted by molar-refractivity contribution is 7.15. The summed E-state index contributed by atoms with van der Waals surface area (Å²) in [5.74, 6) is 0.884. The van der Waals surface area contributed by atoms with E-state index >= 15 is 0 Å². The van der Waals surface area contributed by atoms with Gasteiger partial charge >= 0.3 is 0 Å². The van der Waals surface area contributed by atoms with Crippen LogP contribution in [0.1, 0.15) is 36.8 Å². The maximum absolute atomic E-state index is 4.51. The number of anilines is 1. The van der Waals surface area contributed by atoms with Gasteiger partial charge in [0.1, 0.15) is 0 Å². The van der Waals surface area contributed by atoms with Crippen molar-refractivity contribution in [1.29, 1.82) is 0 Å². The van der Waals surface area contributed by atoms with Crippen molar-refractivity contribution in [1.82, 2.24) is 4.98 Å². The van der Waals surface area contributed by atoms with Gasteiger partial charge in [0.05, 0.1) is 5.69 Å². The smallest absolute Gasteiger partial charge is 0.183 e. The Balaban J connectivity index is 1.97. The van der Waals surface area contributed by atoms with E-state index in [1.54, 1.807) is 11.3 Å². The zero-order chi connectivity index (χ0) is 10.1. The van der Waals surface area contributed by atoms with Gasteiger partial charge in [-0.25, -0.2) is 4.98 Å². The first kappa shape index (κ1) is 9.97. The van der Waals surface area contributed by atoms with Crippen molar-refractivity contribution in [2.24, 2.45) is 5.92 Å². The van der Waals surface area contributed by atoms with Crippen molar-refractivity contribution < 1.29 is 0 Å². The Bertz CT molecular complexity index is 300. The van der Waals surface area contributed by atoms with Crippen LogP contribution in [0.15, 0.2) is 0 Å². The molecule has 1 aliphatic carbocycles. The number of rotatable bonds is 2. The molecule has 0 amide bonds. The number of hydrogen-bond donors (Lipinski definition) is 1. The molecule has 1 fully saturated rings. The molecular formula is C11H18N2S. The van der Waals surface area contributed by atoms with Crippen molar-refractivity contribution >= 4 is 16.5 Å². The number of thiazole rings is 1. The standard InChI is InChI=1S/C11H18N2S/c1-7-4-5-10(6-7)13-11-12-8(2)9(3)14-11/h7,10H,4-6H2,1-3H3,(H,12,13). The van der Waals surface area contributed by atoms with Crippen molar-refractivity contribution in [2.45, 2.75) is 46.1 Å². The Morgan fingerprint density at radius 2 is 2.14 bits per heavy atom. The molecule has 1 N–H and O–H groups in total. The summed E-state index contributed by atoms with van der Waals surface area (Å²) < 4.78 is 0. The fourth-order valence-corrected chi connectivity index (χ4v) is 2.94. The topological polar surface area (TPSA) is 24.9 Å². The lowest BCUT2D eigenvalue weighted by atomic mass is 10.1. The average Bonchev–Trinajstić information content (AvgIpc) is 2.62. The molecule has 1 heterocycles. The van der Waals surface area contributed by atoms with Gasteiger partial charge in [-0.15, -0.1) is 11.3 Å². The molecule has 1 saturated carbocycles.